The summed E-state index contributed by atoms with van der Waals surface area (Å²) in [5.74, 6) is 0. The molecule has 0 aliphatic rings. The third-order valence-corrected chi connectivity index (χ3v) is 2.20. The summed E-state index contributed by atoms with van der Waals surface area (Å²) >= 11 is 0. The van der Waals surface area contributed by atoms with Crippen LogP contribution in [0.4, 0.5) is 0 Å². The lowest BCUT2D eigenvalue weighted by Gasteiger charge is -2.01. The maximum Gasteiger partial charge on any atom is 0.172 e. The van der Waals surface area contributed by atoms with Gasteiger partial charge < -0.3 is 0 Å². The van der Waals surface area contributed by atoms with Crippen LogP contribution in [0.3, 0.4) is 0 Å². The molecule has 0 saturated carbocycles. The van der Waals surface area contributed by atoms with E-state index in [4.69, 9.17) is 0 Å². The topological polar surface area (TPSA) is 64.8 Å². The van der Waals surface area contributed by atoms with E-state index in [9.17, 15) is 9.59 Å². The number of carbonyl (C=O) groups excluding carboxylic acids is 2. The SMILES string of the molecule is O=Cc1nnn(Cc2ccccc2)c1C=O. The van der Waals surface area contributed by atoms with Gasteiger partial charge >= 0.3 is 0 Å². The molecular formula is C11H9N3O2. The largest absolute Gasteiger partial charge is 0.296 e. The summed E-state index contributed by atoms with van der Waals surface area (Å²) in [4.78, 5) is 21.4. The number of hydrogen-bond donors (Lipinski definition) is 0. The van der Waals surface area contributed by atoms with Gasteiger partial charge in [-0.2, -0.15) is 0 Å². The molecule has 0 saturated heterocycles. The zero-order chi connectivity index (χ0) is 11.4. The molecule has 0 atom stereocenters. The van der Waals surface area contributed by atoms with Crippen molar-refractivity contribution in [2.75, 3.05) is 0 Å². The van der Waals surface area contributed by atoms with Crippen LogP contribution in [-0.4, -0.2) is 27.6 Å². The molecule has 0 spiro atoms. The maximum atomic E-state index is 10.8. The number of carbonyl (C=O) groups is 2. The van der Waals surface area contributed by atoms with Crippen molar-refractivity contribution in [3.05, 3.63) is 47.3 Å². The Morgan fingerprint density at radius 2 is 1.88 bits per heavy atom. The minimum absolute atomic E-state index is 0.0749. The highest BCUT2D eigenvalue weighted by Crippen LogP contribution is 2.05. The zero-order valence-electron chi connectivity index (χ0n) is 8.41. The minimum Gasteiger partial charge on any atom is -0.296 e. The molecule has 2 aromatic rings. The Balaban J connectivity index is 2.32. The fraction of sp³-hybridized carbons (Fsp3) is 0.0909. The molecule has 2 rings (SSSR count). The number of nitrogens with zero attached hydrogens (tertiary/aromatic N) is 3. The summed E-state index contributed by atoms with van der Waals surface area (Å²) in [5, 5.41) is 7.37. The molecule has 0 N–H and O–H groups in total. The van der Waals surface area contributed by atoms with Gasteiger partial charge in [0.05, 0.1) is 6.54 Å². The molecule has 1 aromatic carbocycles. The molecule has 0 amide bonds. The van der Waals surface area contributed by atoms with E-state index in [2.05, 4.69) is 10.3 Å². The number of aromatic nitrogens is 3. The summed E-state index contributed by atoms with van der Waals surface area (Å²) < 4.78 is 1.41. The van der Waals surface area contributed by atoms with Crippen LogP contribution in [0.5, 0.6) is 0 Å². The van der Waals surface area contributed by atoms with Crippen LogP contribution in [0.25, 0.3) is 0 Å². The average molecular weight is 215 g/mol. The van der Waals surface area contributed by atoms with Gasteiger partial charge in [-0.05, 0) is 5.56 Å². The van der Waals surface area contributed by atoms with E-state index < -0.39 is 0 Å². The molecule has 5 heteroatoms. The van der Waals surface area contributed by atoms with E-state index in [-0.39, 0.29) is 11.4 Å². The Labute approximate surface area is 91.7 Å². The Morgan fingerprint density at radius 3 is 2.50 bits per heavy atom. The summed E-state index contributed by atoms with van der Waals surface area (Å²) in [6.45, 7) is 0.426. The Bertz CT molecular complexity index is 505. The average Bonchev–Trinajstić information content (AvgIpc) is 2.72. The van der Waals surface area contributed by atoms with Crippen LogP contribution in [0, 0.1) is 0 Å². The minimum atomic E-state index is 0.0749. The summed E-state index contributed by atoms with van der Waals surface area (Å²) in [6, 6.07) is 9.52. The van der Waals surface area contributed by atoms with E-state index in [0.717, 1.165) is 5.56 Å². The van der Waals surface area contributed by atoms with Crippen LogP contribution in [0.2, 0.25) is 0 Å². The second-order valence-corrected chi connectivity index (χ2v) is 3.24. The molecule has 5 nitrogen and oxygen atoms in total. The fourth-order valence-electron chi connectivity index (χ4n) is 1.41. The van der Waals surface area contributed by atoms with Crippen molar-refractivity contribution in [1.82, 2.24) is 15.0 Å². The molecule has 0 bridgehead atoms. The Morgan fingerprint density at radius 1 is 1.12 bits per heavy atom. The molecule has 80 valence electrons. The number of rotatable bonds is 4. The lowest BCUT2D eigenvalue weighted by atomic mass is 10.2. The highest BCUT2D eigenvalue weighted by Gasteiger charge is 2.10. The van der Waals surface area contributed by atoms with Crippen molar-refractivity contribution in [3.63, 3.8) is 0 Å². The van der Waals surface area contributed by atoms with Crippen LogP contribution in [-0.2, 0) is 6.54 Å². The first-order valence-electron chi connectivity index (χ1n) is 4.73. The molecular weight excluding hydrogens is 206 g/mol. The van der Waals surface area contributed by atoms with E-state index in [1.807, 2.05) is 30.3 Å². The highest BCUT2D eigenvalue weighted by atomic mass is 16.1. The lowest BCUT2D eigenvalue weighted by molar-refractivity contribution is 0.108. The van der Waals surface area contributed by atoms with Crippen molar-refractivity contribution >= 4 is 12.6 Å². The summed E-state index contributed by atoms with van der Waals surface area (Å²) in [5.41, 5.74) is 1.28. The quantitative estimate of drug-likeness (QED) is 0.712. The predicted octanol–water partition coefficient (Wildman–Crippen LogP) is 0.951. The van der Waals surface area contributed by atoms with Crippen molar-refractivity contribution in [2.24, 2.45) is 0 Å². The zero-order valence-corrected chi connectivity index (χ0v) is 8.41. The van der Waals surface area contributed by atoms with Crippen LogP contribution < -0.4 is 0 Å². The monoisotopic (exact) mass is 215 g/mol. The molecule has 0 radical (unpaired) electrons. The van der Waals surface area contributed by atoms with E-state index in [1.54, 1.807) is 0 Å². The van der Waals surface area contributed by atoms with Crippen molar-refractivity contribution in [1.29, 1.82) is 0 Å². The Kier molecular flexibility index (Phi) is 2.86. The highest BCUT2D eigenvalue weighted by molar-refractivity contribution is 5.86. The second-order valence-electron chi connectivity index (χ2n) is 3.24. The van der Waals surface area contributed by atoms with Crippen molar-refractivity contribution < 1.29 is 9.59 Å². The first kappa shape index (κ1) is 10.2. The van der Waals surface area contributed by atoms with E-state index >= 15 is 0 Å². The summed E-state index contributed by atoms with van der Waals surface area (Å²) in [7, 11) is 0. The number of aldehydes is 2. The lowest BCUT2D eigenvalue weighted by Crippen LogP contribution is -2.06. The first-order valence-corrected chi connectivity index (χ1v) is 4.73. The molecule has 0 aliphatic heterocycles. The second kappa shape index (κ2) is 4.48. The Hall–Kier alpha value is -2.30. The molecule has 0 fully saturated rings. The number of benzene rings is 1. The molecule has 1 aromatic heterocycles. The molecule has 1 heterocycles. The van der Waals surface area contributed by atoms with Gasteiger partial charge in [0.1, 0.15) is 5.69 Å². The molecule has 0 unspecified atom stereocenters. The summed E-state index contributed by atoms with van der Waals surface area (Å²) in [6.07, 6.45) is 1.12. The standard InChI is InChI=1S/C11H9N3O2/c15-7-10-11(8-16)14(13-12-10)6-9-4-2-1-3-5-9/h1-5,7-8H,6H2. The maximum absolute atomic E-state index is 10.8. The van der Waals surface area contributed by atoms with Gasteiger partial charge in [-0.25, -0.2) is 4.68 Å². The van der Waals surface area contributed by atoms with Crippen LogP contribution >= 0.6 is 0 Å². The van der Waals surface area contributed by atoms with Gasteiger partial charge in [-0.1, -0.05) is 35.5 Å². The van der Waals surface area contributed by atoms with Gasteiger partial charge in [-0.15, -0.1) is 5.10 Å². The molecule has 16 heavy (non-hydrogen) atoms. The van der Waals surface area contributed by atoms with Crippen LogP contribution in [0.15, 0.2) is 30.3 Å². The third-order valence-electron chi connectivity index (χ3n) is 2.20. The van der Waals surface area contributed by atoms with Gasteiger partial charge in [0.25, 0.3) is 0 Å². The fourth-order valence-corrected chi connectivity index (χ4v) is 1.41. The smallest absolute Gasteiger partial charge is 0.172 e. The third kappa shape index (κ3) is 1.88. The van der Waals surface area contributed by atoms with Crippen molar-refractivity contribution in [2.45, 2.75) is 6.54 Å². The van der Waals surface area contributed by atoms with Gasteiger partial charge in [0.15, 0.2) is 18.3 Å². The van der Waals surface area contributed by atoms with Gasteiger partial charge in [-0.3, -0.25) is 9.59 Å². The van der Waals surface area contributed by atoms with Crippen molar-refractivity contribution in [3.8, 4) is 0 Å². The number of hydrogen-bond acceptors (Lipinski definition) is 4. The van der Waals surface area contributed by atoms with Gasteiger partial charge in [0, 0.05) is 0 Å². The molecule has 0 aliphatic carbocycles. The van der Waals surface area contributed by atoms with Crippen LogP contribution in [0.1, 0.15) is 26.5 Å². The predicted molar refractivity (Wildman–Crippen MR) is 56.3 cm³/mol. The van der Waals surface area contributed by atoms with E-state index in [0.29, 0.717) is 19.1 Å². The van der Waals surface area contributed by atoms with Gasteiger partial charge in [0.2, 0.25) is 0 Å². The first-order chi connectivity index (χ1) is 7.85. The van der Waals surface area contributed by atoms with E-state index in [1.165, 1.54) is 4.68 Å². The normalized spacial score (nSPS) is 10.0.